The highest BCUT2D eigenvalue weighted by Crippen LogP contribution is 2.45. The van der Waals surface area contributed by atoms with Crippen LogP contribution in [0.25, 0.3) is 0 Å². The van der Waals surface area contributed by atoms with Gasteiger partial charge in [-0.3, -0.25) is 9.59 Å². The normalized spacial score (nSPS) is 18.8. The Morgan fingerprint density at radius 1 is 0.951 bits per heavy atom. The number of carbonyl (C=O) groups excluding carboxylic acids is 2. The average Bonchev–Trinajstić information content (AvgIpc) is 3.71. The van der Waals surface area contributed by atoms with Crippen LogP contribution < -0.4 is 23.8 Å². The van der Waals surface area contributed by atoms with Gasteiger partial charge >= 0.3 is 0 Å². The molecular weight excluding hydrogens is 546 g/mol. The lowest BCUT2D eigenvalue weighted by atomic mass is 10.1. The number of ether oxygens (including phenoxy) is 4. The van der Waals surface area contributed by atoms with E-state index in [1.807, 2.05) is 42.2 Å². The van der Waals surface area contributed by atoms with Crippen molar-refractivity contribution >= 4 is 29.3 Å². The summed E-state index contributed by atoms with van der Waals surface area (Å²) in [6.07, 6.45) is 3.20. The van der Waals surface area contributed by atoms with E-state index >= 15 is 0 Å². The minimum atomic E-state index is -0.645. The predicted octanol–water partition coefficient (Wildman–Crippen LogP) is 4.31. The lowest BCUT2D eigenvalue weighted by Crippen LogP contribution is -2.55. The molecule has 3 heterocycles. The van der Waals surface area contributed by atoms with Crippen molar-refractivity contribution in [1.82, 2.24) is 9.80 Å². The third kappa shape index (κ3) is 5.63. The smallest absolute Gasteiger partial charge is 0.256 e. The van der Waals surface area contributed by atoms with Crippen LogP contribution in [0.2, 0.25) is 0 Å². The van der Waals surface area contributed by atoms with Gasteiger partial charge in [-0.2, -0.15) is 0 Å². The molecule has 2 aliphatic heterocycles. The number of anilines is 1. The number of amides is 2. The first-order chi connectivity index (χ1) is 20.0. The number of carbonyl (C=O) groups is 2. The first kappa shape index (κ1) is 28.5. The van der Waals surface area contributed by atoms with Crippen molar-refractivity contribution in [3.63, 3.8) is 0 Å². The van der Waals surface area contributed by atoms with Crippen molar-refractivity contribution in [3.05, 3.63) is 66.1 Å². The number of hydrogen-bond donors (Lipinski definition) is 0. The fraction of sp³-hybridized carbons (Fsp3) is 0.400. The molecule has 218 valence electrons. The molecule has 2 aromatic carbocycles. The largest absolute Gasteiger partial charge is 0.493 e. The number of thioether (sulfide) groups is 1. The Labute approximate surface area is 244 Å². The Balaban J connectivity index is 1.39. The van der Waals surface area contributed by atoms with E-state index in [0.717, 1.165) is 17.0 Å². The summed E-state index contributed by atoms with van der Waals surface area (Å²) in [5.74, 6) is 2.07. The lowest BCUT2D eigenvalue weighted by Gasteiger charge is -2.39. The molecule has 10 nitrogen and oxygen atoms in total. The number of nitrogens with zero attached hydrogens (tertiary/aromatic N) is 3. The van der Waals surface area contributed by atoms with Crippen LogP contribution in [0, 0.1) is 0 Å². The van der Waals surface area contributed by atoms with Gasteiger partial charge in [-0.15, -0.1) is 11.8 Å². The summed E-state index contributed by atoms with van der Waals surface area (Å²) >= 11 is 1.55. The number of hydrogen-bond acceptors (Lipinski definition) is 9. The topological polar surface area (TPSA) is 93.9 Å². The molecule has 0 aliphatic carbocycles. The molecule has 0 saturated carbocycles. The zero-order valence-electron chi connectivity index (χ0n) is 23.7. The van der Waals surface area contributed by atoms with Crippen molar-refractivity contribution in [3.8, 4) is 23.0 Å². The van der Waals surface area contributed by atoms with Gasteiger partial charge in [0, 0.05) is 43.1 Å². The van der Waals surface area contributed by atoms with Gasteiger partial charge in [0.25, 0.3) is 5.91 Å². The molecule has 5 rings (SSSR count). The van der Waals surface area contributed by atoms with Crippen LogP contribution in [-0.4, -0.2) is 87.5 Å². The van der Waals surface area contributed by atoms with Crippen LogP contribution in [0.3, 0.4) is 0 Å². The third-order valence-corrected chi connectivity index (χ3v) is 8.68. The maximum atomic E-state index is 14.2. The minimum Gasteiger partial charge on any atom is -0.493 e. The van der Waals surface area contributed by atoms with E-state index in [4.69, 9.17) is 23.4 Å². The molecule has 0 bridgehead atoms. The molecule has 2 atom stereocenters. The zero-order chi connectivity index (χ0) is 28.9. The Morgan fingerprint density at radius 2 is 1.66 bits per heavy atom. The lowest BCUT2D eigenvalue weighted by molar-refractivity contribution is -0.135. The summed E-state index contributed by atoms with van der Waals surface area (Å²) in [5, 5.41) is -0.381. The van der Waals surface area contributed by atoms with E-state index in [-0.39, 0.29) is 17.2 Å². The van der Waals surface area contributed by atoms with Gasteiger partial charge in [-0.1, -0.05) is 12.1 Å². The summed E-state index contributed by atoms with van der Waals surface area (Å²) in [6.45, 7) is 4.98. The van der Waals surface area contributed by atoms with Gasteiger partial charge in [-0.05, 0) is 37.3 Å². The molecule has 2 unspecified atom stereocenters. The van der Waals surface area contributed by atoms with Crippen LogP contribution in [0.15, 0.2) is 59.4 Å². The van der Waals surface area contributed by atoms with Gasteiger partial charge in [0.05, 0.1) is 46.1 Å². The summed E-state index contributed by atoms with van der Waals surface area (Å²) in [7, 11) is 4.52. The van der Waals surface area contributed by atoms with E-state index in [0.29, 0.717) is 61.4 Å². The summed E-state index contributed by atoms with van der Waals surface area (Å²) in [6, 6.07) is 12.4. The molecule has 2 saturated heterocycles. The molecule has 0 radical (unpaired) electrons. The number of furan rings is 1. The summed E-state index contributed by atoms with van der Waals surface area (Å²) < 4.78 is 27.6. The second-order valence-corrected chi connectivity index (χ2v) is 10.7. The van der Waals surface area contributed by atoms with E-state index < -0.39 is 6.04 Å². The van der Waals surface area contributed by atoms with Crippen LogP contribution in [0.4, 0.5) is 5.69 Å². The SMILES string of the molecule is CCOc1ccccc1N1CCN(C(=O)C2CSC(c3ccoc3)N2C(=O)c2cc(OC)c(OC)c(OC)c2)CC1. The molecule has 1 aromatic heterocycles. The highest BCUT2D eigenvalue weighted by molar-refractivity contribution is 7.99. The maximum Gasteiger partial charge on any atom is 0.256 e. The van der Waals surface area contributed by atoms with Gasteiger partial charge < -0.3 is 38.1 Å². The van der Waals surface area contributed by atoms with Gasteiger partial charge in [-0.25, -0.2) is 0 Å². The molecule has 41 heavy (non-hydrogen) atoms. The molecule has 2 aliphatic rings. The van der Waals surface area contributed by atoms with Crippen LogP contribution in [-0.2, 0) is 4.79 Å². The van der Waals surface area contributed by atoms with E-state index in [1.54, 1.807) is 41.3 Å². The molecule has 2 fully saturated rings. The predicted molar refractivity (Wildman–Crippen MR) is 156 cm³/mol. The molecule has 2 amide bonds. The number of rotatable bonds is 9. The first-order valence-electron chi connectivity index (χ1n) is 13.5. The highest BCUT2D eigenvalue weighted by atomic mass is 32.2. The Morgan fingerprint density at radius 3 is 2.27 bits per heavy atom. The molecular formula is C30H35N3O7S. The quantitative estimate of drug-likeness (QED) is 0.367. The molecule has 0 N–H and O–H groups in total. The molecule has 11 heteroatoms. The maximum absolute atomic E-state index is 14.2. The second-order valence-electron chi connectivity index (χ2n) is 9.60. The number of benzene rings is 2. The average molecular weight is 582 g/mol. The van der Waals surface area contributed by atoms with Crippen molar-refractivity contribution in [2.45, 2.75) is 18.3 Å². The second kappa shape index (κ2) is 12.7. The van der Waals surface area contributed by atoms with Crippen molar-refractivity contribution in [2.24, 2.45) is 0 Å². The number of methoxy groups -OCH3 is 3. The van der Waals surface area contributed by atoms with Gasteiger partial charge in [0.1, 0.15) is 17.2 Å². The van der Waals surface area contributed by atoms with Crippen LogP contribution >= 0.6 is 11.8 Å². The Hall–Kier alpha value is -3.99. The zero-order valence-corrected chi connectivity index (χ0v) is 24.5. The Bertz CT molecular complexity index is 1330. The van der Waals surface area contributed by atoms with Gasteiger partial charge in [0.15, 0.2) is 11.5 Å². The van der Waals surface area contributed by atoms with Crippen molar-refractivity contribution in [2.75, 3.05) is 64.8 Å². The highest BCUT2D eigenvalue weighted by Gasteiger charge is 2.45. The Kier molecular flexibility index (Phi) is 8.82. The number of piperazine rings is 1. The van der Waals surface area contributed by atoms with E-state index in [2.05, 4.69) is 4.90 Å². The first-order valence-corrected chi connectivity index (χ1v) is 14.6. The standard InChI is InChI=1S/C30H35N3O7S/c1-5-40-24-9-7-6-8-22(24)31-11-13-32(14-12-31)29(35)23-19-41-30(20-10-15-39-18-20)33(23)28(34)21-16-25(36-2)27(38-4)26(17-21)37-3/h6-10,15-18,23,30H,5,11-14,19H2,1-4H3. The van der Waals surface area contributed by atoms with Crippen molar-refractivity contribution in [1.29, 1.82) is 0 Å². The van der Waals surface area contributed by atoms with E-state index in [9.17, 15) is 9.59 Å². The van der Waals surface area contributed by atoms with Gasteiger partial charge in [0.2, 0.25) is 11.7 Å². The van der Waals surface area contributed by atoms with Crippen molar-refractivity contribution < 1.29 is 33.0 Å². The van der Waals surface area contributed by atoms with Crippen LogP contribution in [0.1, 0.15) is 28.2 Å². The molecule has 0 spiro atoms. The molecule has 3 aromatic rings. The fourth-order valence-electron chi connectivity index (χ4n) is 5.35. The monoisotopic (exact) mass is 581 g/mol. The van der Waals surface area contributed by atoms with Crippen LogP contribution in [0.5, 0.6) is 23.0 Å². The number of para-hydroxylation sites is 2. The fourth-order valence-corrected chi connectivity index (χ4v) is 6.74. The summed E-state index contributed by atoms with van der Waals surface area (Å²) in [4.78, 5) is 33.9. The third-order valence-electron chi connectivity index (χ3n) is 7.36. The van der Waals surface area contributed by atoms with E-state index in [1.165, 1.54) is 21.3 Å². The summed E-state index contributed by atoms with van der Waals surface area (Å²) in [5.41, 5.74) is 2.19. The minimum absolute atomic E-state index is 0.0676.